The molecule has 0 atom stereocenters. The van der Waals surface area contributed by atoms with Crippen LogP contribution in [0.1, 0.15) is 151 Å². The average molecular weight is 561 g/mol. The van der Waals surface area contributed by atoms with Crippen molar-refractivity contribution >= 4 is 17.7 Å². The van der Waals surface area contributed by atoms with E-state index < -0.39 is 12.1 Å². The van der Waals surface area contributed by atoms with E-state index in [4.69, 9.17) is 15.2 Å². The standard InChI is InChI=1S/C33H57N3O4/c1-5-7-8-9-10-11-12-13-14-15-16-17-18-21-24-35-33(38)40-31-26(3)29(30(34)27(4)36(31)6-2)32(37)39-25-28-22-19-20-23-28/h28H,5-25H2,1-4H3,(H2-,34,35,37,38)/p+1. The molecule has 0 saturated heterocycles. The second kappa shape index (κ2) is 19.7. The summed E-state index contributed by atoms with van der Waals surface area (Å²) >= 11 is 0. The van der Waals surface area contributed by atoms with Gasteiger partial charge in [0.15, 0.2) is 0 Å². The number of carbonyl (C=O) groups excluding carboxylic acids is 2. The smallest absolute Gasteiger partial charge is 0.416 e. The van der Waals surface area contributed by atoms with Crippen molar-refractivity contribution in [2.75, 3.05) is 18.9 Å². The number of unbranched alkanes of at least 4 members (excludes halogenated alkanes) is 13. The van der Waals surface area contributed by atoms with Gasteiger partial charge in [-0.25, -0.2) is 9.59 Å². The number of hydrogen-bond donors (Lipinski definition) is 2. The molecule has 7 heteroatoms. The zero-order chi connectivity index (χ0) is 29.2. The summed E-state index contributed by atoms with van der Waals surface area (Å²) in [5.41, 5.74) is 8.27. The molecule has 1 saturated carbocycles. The van der Waals surface area contributed by atoms with Crippen LogP contribution >= 0.6 is 0 Å². The summed E-state index contributed by atoms with van der Waals surface area (Å²) in [5, 5.41) is 2.88. The number of anilines is 1. The minimum absolute atomic E-state index is 0.301. The number of esters is 1. The third-order valence-corrected chi connectivity index (χ3v) is 8.44. The van der Waals surface area contributed by atoms with Gasteiger partial charge in [0.2, 0.25) is 5.69 Å². The van der Waals surface area contributed by atoms with Crippen molar-refractivity contribution < 1.29 is 23.6 Å². The van der Waals surface area contributed by atoms with Gasteiger partial charge in [0.25, 0.3) is 0 Å². The number of aromatic nitrogens is 1. The fourth-order valence-corrected chi connectivity index (χ4v) is 5.84. The monoisotopic (exact) mass is 560 g/mol. The Labute approximate surface area is 244 Å². The SMILES string of the molecule is CCCCCCCCCCCCCCCCNC(=O)Oc1c(C)c(C(=O)OCC2CCCC2)c(N)c(C)[n+]1CC. The van der Waals surface area contributed by atoms with Crippen LogP contribution in [-0.4, -0.2) is 25.2 Å². The first-order chi connectivity index (χ1) is 19.4. The molecule has 2 rings (SSSR count). The molecule has 0 aliphatic heterocycles. The lowest BCUT2D eigenvalue weighted by Crippen LogP contribution is -2.43. The van der Waals surface area contributed by atoms with E-state index >= 15 is 0 Å². The second-order valence-electron chi connectivity index (χ2n) is 11.7. The molecule has 1 amide bonds. The zero-order valence-electron chi connectivity index (χ0n) is 26.1. The average Bonchev–Trinajstić information content (AvgIpc) is 3.47. The maximum absolute atomic E-state index is 13.0. The maximum Gasteiger partial charge on any atom is 0.416 e. The van der Waals surface area contributed by atoms with E-state index in [0.29, 0.717) is 54.0 Å². The molecule has 7 nitrogen and oxygen atoms in total. The number of rotatable bonds is 20. The molecule has 228 valence electrons. The van der Waals surface area contributed by atoms with E-state index in [1.54, 1.807) is 6.92 Å². The number of carbonyl (C=O) groups is 2. The highest BCUT2D eigenvalue weighted by Crippen LogP contribution is 2.29. The number of hydrogen-bond acceptors (Lipinski definition) is 5. The molecule has 1 aromatic heterocycles. The van der Waals surface area contributed by atoms with E-state index in [-0.39, 0.29) is 0 Å². The number of nitrogen functional groups attached to an aromatic ring is 1. The van der Waals surface area contributed by atoms with Crippen LogP contribution in [0, 0.1) is 19.8 Å². The Kier molecular flexibility index (Phi) is 16.7. The Bertz CT molecular complexity index is 896. The van der Waals surface area contributed by atoms with Gasteiger partial charge in [0, 0.05) is 13.5 Å². The Morgan fingerprint density at radius 3 is 1.90 bits per heavy atom. The summed E-state index contributed by atoms with van der Waals surface area (Å²) < 4.78 is 13.2. The molecule has 0 radical (unpaired) electrons. The molecule has 0 aromatic carbocycles. The van der Waals surface area contributed by atoms with E-state index in [9.17, 15) is 9.59 Å². The summed E-state index contributed by atoms with van der Waals surface area (Å²) in [6.07, 6.45) is 22.3. The molecule has 0 bridgehead atoms. The quantitative estimate of drug-likeness (QED) is 0.0954. The van der Waals surface area contributed by atoms with Crippen LogP contribution in [0.5, 0.6) is 5.88 Å². The van der Waals surface area contributed by atoms with Crippen LogP contribution in [0.15, 0.2) is 0 Å². The third kappa shape index (κ3) is 11.7. The van der Waals surface area contributed by atoms with Crippen molar-refractivity contribution in [3.05, 3.63) is 16.8 Å². The van der Waals surface area contributed by atoms with Gasteiger partial charge >= 0.3 is 17.9 Å². The molecule has 40 heavy (non-hydrogen) atoms. The highest BCUT2D eigenvalue weighted by Gasteiger charge is 2.32. The summed E-state index contributed by atoms with van der Waals surface area (Å²) in [7, 11) is 0. The summed E-state index contributed by atoms with van der Waals surface area (Å²) in [4.78, 5) is 25.6. The van der Waals surface area contributed by atoms with Gasteiger partial charge in [-0.2, -0.15) is 4.57 Å². The van der Waals surface area contributed by atoms with E-state index in [2.05, 4.69) is 12.2 Å². The highest BCUT2D eigenvalue weighted by molar-refractivity contribution is 5.97. The van der Waals surface area contributed by atoms with Crippen LogP contribution in [0.25, 0.3) is 0 Å². The Morgan fingerprint density at radius 2 is 1.38 bits per heavy atom. The van der Waals surface area contributed by atoms with Crippen molar-refractivity contribution in [3.8, 4) is 5.88 Å². The second-order valence-corrected chi connectivity index (χ2v) is 11.7. The predicted octanol–water partition coefficient (Wildman–Crippen LogP) is 8.11. The van der Waals surface area contributed by atoms with Crippen LogP contribution in [0.4, 0.5) is 10.5 Å². The molecule has 1 heterocycles. The summed E-state index contributed by atoms with van der Waals surface area (Å²) in [6, 6.07) is 0. The minimum atomic E-state index is -0.505. The van der Waals surface area contributed by atoms with Gasteiger partial charge in [-0.1, -0.05) is 103 Å². The minimum Gasteiger partial charge on any atom is -0.462 e. The van der Waals surface area contributed by atoms with Crippen molar-refractivity contribution in [3.63, 3.8) is 0 Å². The topological polar surface area (TPSA) is 94.5 Å². The molecule has 0 spiro atoms. The zero-order valence-corrected chi connectivity index (χ0v) is 26.1. The van der Waals surface area contributed by atoms with E-state index in [1.807, 2.05) is 18.4 Å². The van der Waals surface area contributed by atoms with Crippen molar-refractivity contribution in [1.82, 2.24) is 5.32 Å². The number of pyridine rings is 1. The van der Waals surface area contributed by atoms with Crippen molar-refractivity contribution in [1.29, 1.82) is 0 Å². The van der Waals surface area contributed by atoms with Crippen molar-refractivity contribution in [2.45, 2.75) is 150 Å². The predicted molar refractivity (Wildman–Crippen MR) is 163 cm³/mol. The third-order valence-electron chi connectivity index (χ3n) is 8.44. The fourth-order valence-electron chi connectivity index (χ4n) is 5.84. The first-order valence-corrected chi connectivity index (χ1v) is 16.4. The molecular weight excluding hydrogens is 502 g/mol. The molecule has 0 unspecified atom stereocenters. The largest absolute Gasteiger partial charge is 0.462 e. The lowest BCUT2D eigenvalue weighted by molar-refractivity contribution is -0.702. The molecular formula is C33H58N3O4+. The Balaban J connectivity index is 1.70. The lowest BCUT2D eigenvalue weighted by atomic mass is 10.0. The van der Waals surface area contributed by atoms with Crippen LogP contribution in [0.3, 0.4) is 0 Å². The number of nitrogens with one attached hydrogen (secondary N) is 1. The normalized spacial score (nSPS) is 13.5. The van der Waals surface area contributed by atoms with E-state index in [1.165, 1.54) is 89.9 Å². The van der Waals surface area contributed by atoms with Gasteiger partial charge in [-0.15, -0.1) is 0 Å². The van der Waals surface area contributed by atoms with Crippen LogP contribution in [-0.2, 0) is 11.3 Å². The van der Waals surface area contributed by atoms with Crippen LogP contribution in [0.2, 0.25) is 0 Å². The van der Waals surface area contributed by atoms with Gasteiger partial charge < -0.3 is 20.5 Å². The Hall–Kier alpha value is -2.31. The van der Waals surface area contributed by atoms with Gasteiger partial charge in [-0.3, -0.25) is 0 Å². The van der Waals surface area contributed by atoms with Gasteiger partial charge in [0.1, 0.15) is 17.8 Å². The number of nitrogens with zero attached hydrogens (tertiary/aromatic N) is 1. The van der Waals surface area contributed by atoms with Crippen molar-refractivity contribution in [2.24, 2.45) is 5.92 Å². The summed E-state index contributed by atoms with van der Waals surface area (Å²) in [5.74, 6) is 0.327. The molecule has 1 aromatic rings. The highest BCUT2D eigenvalue weighted by atomic mass is 16.6. The maximum atomic E-state index is 13.0. The fraction of sp³-hybridized carbons (Fsp3) is 0.788. The lowest BCUT2D eigenvalue weighted by Gasteiger charge is -2.16. The number of amides is 1. The molecule has 1 fully saturated rings. The molecule has 1 aliphatic rings. The number of nitrogens with two attached hydrogens (primary N) is 1. The van der Waals surface area contributed by atoms with Gasteiger partial charge in [0.05, 0.1) is 12.2 Å². The molecule has 1 aliphatic carbocycles. The first-order valence-electron chi connectivity index (χ1n) is 16.4. The Morgan fingerprint density at radius 1 is 0.850 bits per heavy atom. The first kappa shape index (κ1) is 33.9. The number of ether oxygens (including phenoxy) is 2. The van der Waals surface area contributed by atoms with Crippen LogP contribution < -0.4 is 20.4 Å². The van der Waals surface area contributed by atoms with Gasteiger partial charge in [-0.05, 0) is 39.0 Å². The van der Waals surface area contributed by atoms with E-state index in [0.717, 1.165) is 25.7 Å². The summed E-state index contributed by atoms with van der Waals surface area (Å²) in [6.45, 7) is 9.39. The molecule has 3 N–H and O–H groups in total.